The number of furan rings is 1. The second-order valence-electron chi connectivity index (χ2n) is 8.46. The highest BCUT2D eigenvalue weighted by atomic mass is 16.5. The summed E-state index contributed by atoms with van der Waals surface area (Å²) >= 11 is 0. The minimum absolute atomic E-state index is 0.252. The van der Waals surface area contributed by atoms with Crippen molar-refractivity contribution in [1.29, 1.82) is 0 Å². The summed E-state index contributed by atoms with van der Waals surface area (Å²) in [5, 5.41) is 4.71. The van der Waals surface area contributed by atoms with Crippen LogP contribution in [0, 0.1) is 0 Å². The van der Waals surface area contributed by atoms with Crippen molar-refractivity contribution in [2.45, 2.75) is 6.92 Å². The standard InChI is InChI=1S/C30H26N2O5/c1-18(13-30(33)32-26-9-5-8-25-20(26)7-6-12-31-25)21-15-23-24(17-37-29(23)16-28(21)36-4)22-14-19(34-2)10-11-27(22)35-3/h5-17H,1-4H3,(H,32,33)/b18-13+. The van der Waals surface area contributed by atoms with E-state index >= 15 is 0 Å². The highest BCUT2D eigenvalue weighted by Crippen LogP contribution is 2.41. The van der Waals surface area contributed by atoms with Crippen LogP contribution < -0.4 is 19.5 Å². The van der Waals surface area contributed by atoms with Crippen molar-refractivity contribution in [3.05, 3.63) is 84.8 Å². The van der Waals surface area contributed by atoms with Gasteiger partial charge in [0.1, 0.15) is 22.8 Å². The van der Waals surface area contributed by atoms with Gasteiger partial charge in [-0.05, 0) is 61.0 Å². The molecule has 7 heteroatoms. The smallest absolute Gasteiger partial charge is 0.248 e. The second-order valence-corrected chi connectivity index (χ2v) is 8.46. The molecule has 5 rings (SSSR count). The van der Waals surface area contributed by atoms with Crippen LogP contribution in [0.4, 0.5) is 5.69 Å². The van der Waals surface area contributed by atoms with E-state index < -0.39 is 0 Å². The van der Waals surface area contributed by atoms with Crippen molar-refractivity contribution in [1.82, 2.24) is 4.98 Å². The summed E-state index contributed by atoms with van der Waals surface area (Å²) in [5.41, 5.74) is 5.35. The highest BCUT2D eigenvalue weighted by Gasteiger charge is 2.18. The molecule has 0 fully saturated rings. The van der Waals surface area contributed by atoms with Crippen molar-refractivity contribution in [3.8, 4) is 28.4 Å². The molecule has 186 valence electrons. The molecule has 2 heterocycles. The zero-order chi connectivity index (χ0) is 25.9. The van der Waals surface area contributed by atoms with E-state index in [1.807, 2.05) is 67.6 Å². The van der Waals surface area contributed by atoms with Gasteiger partial charge >= 0.3 is 0 Å². The van der Waals surface area contributed by atoms with Crippen molar-refractivity contribution in [2.75, 3.05) is 26.6 Å². The van der Waals surface area contributed by atoms with E-state index in [1.165, 1.54) is 0 Å². The molecule has 0 unspecified atom stereocenters. The molecule has 1 N–H and O–H groups in total. The first kappa shape index (κ1) is 23.9. The van der Waals surface area contributed by atoms with Gasteiger partial charge in [-0.1, -0.05) is 6.07 Å². The summed E-state index contributed by atoms with van der Waals surface area (Å²) in [4.78, 5) is 17.3. The summed E-state index contributed by atoms with van der Waals surface area (Å²) < 4.78 is 22.5. The summed E-state index contributed by atoms with van der Waals surface area (Å²) in [6.45, 7) is 1.87. The lowest BCUT2D eigenvalue weighted by molar-refractivity contribution is -0.111. The number of nitrogens with zero attached hydrogens (tertiary/aromatic N) is 1. The Kier molecular flexibility index (Phi) is 6.51. The Morgan fingerprint density at radius 3 is 2.51 bits per heavy atom. The monoisotopic (exact) mass is 494 g/mol. The zero-order valence-electron chi connectivity index (χ0n) is 21.0. The van der Waals surface area contributed by atoms with Gasteiger partial charge in [-0.3, -0.25) is 9.78 Å². The molecule has 2 aromatic heterocycles. The number of allylic oxidation sites excluding steroid dienone is 1. The number of amides is 1. The first-order chi connectivity index (χ1) is 18.0. The van der Waals surface area contributed by atoms with Crippen LogP contribution in [0.25, 0.3) is 38.6 Å². The van der Waals surface area contributed by atoms with Gasteiger partial charge in [-0.25, -0.2) is 0 Å². The maximum atomic E-state index is 13.0. The number of benzene rings is 3. The minimum Gasteiger partial charge on any atom is -0.497 e. The lowest BCUT2D eigenvalue weighted by atomic mass is 9.98. The molecule has 0 aliphatic rings. The maximum absolute atomic E-state index is 13.0. The molecule has 3 aromatic carbocycles. The van der Waals surface area contributed by atoms with Gasteiger partial charge in [0, 0.05) is 45.8 Å². The molecule has 0 saturated heterocycles. The Morgan fingerprint density at radius 2 is 1.73 bits per heavy atom. The lowest BCUT2D eigenvalue weighted by Gasteiger charge is -2.12. The largest absolute Gasteiger partial charge is 0.497 e. The van der Waals surface area contributed by atoms with Crippen molar-refractivity contribution in [3.63, 3.8) is 0 Å². The molecule has 37 heavy (non-hydrogen) atoms. The van der Waals surface area contributed by atoms with E-state index in [0.717, 1.165) is 38.6 Å². The Labute approximate surface area is 214 Å². The minimum atomic E-state index is -0.252. The van der Waals surface area contributed by atoms with Crippen LogP contribution in [0.5, 0.6) is 17.2 Å². The molecule has 5 aromatic rings. The number of rotatable bonds is 7. The predicted molar refractivity (Wildman–Crippen MR) is 145 cm³/mol. The van der Waals surface area contributed by atoms with E-state index in [1.54, 1.807) is 39.9 Å². The third-order valence-corrected chi connectivity index (χ3v) is 6.27. The predicted octanol–water partition coefficient (Wildman–Crippen LogP) is 6.72. The van der Waals surface area contributed by atoms with Crippen LogP contribution in [0.2, 0.25) is 0 Å². The first-order valence-corrected chi connectivity index (χ1v) is 11.7. The number of fused-ring (bicyclic) bond motifs is 2. The number of ether oxygens (including phenoxy) is 3. The molecule has 0 atom stereocenters. The maximum Gasteiger partial charge on any atom is 0.248 e. The molecule has 0 bridgehead atoms. The van der Waals surface area contributed by atoms with Gasteiger partial charge in [0.15, 0.2) is 0 Å². The Hall–Kier alpha value is -4.78. The number of methoxy groups -OCH3 is 3. The lowest BCUT2D eigenvalue weighted by Crippen LogP contribution is -2.09. The number of hydrogen-bond acceptors (Lipinski definition) is 6. The normalized spacial score (nSPS) is 11.5. The highest BCUT2D eigenvalue weighted by molar-refractivity contribution is 6.09. The SMILES string of the molecule is COc1ccc(OC)c(-c2coc3cc(OC)c(/C(C)=C/C(=O)Nc4cccc5ncccc45)cc23)c1. The third kappa shape index (κ3) is 4.59. The number of aromatic nitrogens is 1. The van der Waals surface area contributed by atoms with Gasteiger partial charge in [-0.2, -0.15) is 0 Å². The van der Waals surface area contributed by atoms with Gasteiger partial charge in [-0.15, -0.1) is 0 Å². The topological polar surface area (TPSA) is 82.8 Å². The van der Waals surface area contributed by atoms with Crippen LogP contribution in [-0.2, 0) is 4.79 Å². The van der Waals surface area contributed by atoms with Crippen molar-refractivity contribution >= 4 is 39.0 Å². The van der Waals surface area contributed by atoms with Gasteiger partial charge in [0.05, 0.1) is 38.8 Å². The number of hydrogen-bond donors (Lipinski definition) is 1. The molecule has 0 aliphatic heterocycles. The molecule has 0 radical (unpaired) electrons. The number of nitrogens with one attached hydrogen (secondary N) is 1. The Bertz CT molecular complexity index is 1650. The molecule has 0 aliphatic carbocycles. The fourth-order valence-corrected chi connectivity index (χ4v) is 4.42. The summed E-state index contributed by atoms with van der Waals surface area (Å²) in [5.74, 6) is 1.74. The van der Waals surface area contributed by atoms with Gasteiger partial charge in [0.2, 0.25) is 5.91 Å². The van der Waals surface area contributed by atoms with Crippen LogP contribution in [0.1, 0.15) is 12.5 Å². The van der Waals surface area contributed by atoms with E-state index in [9.17, 15) is 4.79 Å². The molecule has 7 nitrogen and oxygen atoms in total. The molecule has 1 amide bonds. The van der Waals surface area contributed by atoms with E-state index in [4.69, 9.17) is 18.6 Å². The van der Waals surface area contributed by atoms with Crippen LogP contribution in [-0.4, -0.2) is 32.2 Å². The second kappa shape index (κ2) is 10.1. The summed E-state index contributed by atoms with van der Waals surface area (Å²) in [6.07, 6.45) is 4.97. The zero-order valence-corrected chi connectivity index (χ0v) is 21.0. The average molecular weight is 495 g/mol. The summed E-state index contributed by atoms with van der Waals surface area (Å²) in [7, 11) is 4.84. The van der Waals surface area contributed by atoms with Crippen LogP contribution in [0.15, 0.2) is 83.6 Å². The van der Waals surface area contributed by atoms with Crippen molar-refractivity contribution < 1.29 is 23.4 Å². The first-order valence-electron chi connectivity index (χ1n) is 11.7. The Morgan fingerprint density at radius 1 is 0.892 bits per heavy atom. The van der Waals surface area contributed by atoms with Crippen molar-refractivity contribution in [2.24, 2.45) is 0 Å². The van der Waals surface area contributed by atoms with E-state index in [-0.39, 0.29) is 5.91 Å². The van der Waals surface area contributed by atoms with E-state index in [0.29, 0.717) is 28.5 Å². The van der Waals surface area contributed by atoms with E-state index in [2.05, 4.69) is 10.3 Å². The van der Waals surface area contributed by atoms with Crippen LogP contribution in [0.3, 0.4) is 0 Å². The quantitative estimate of drug-likeness (QED) is 0.253. The number of anilines is 1. The number of carbonyl (C=O) groups is 1. The number of pyridine rings is 1. The van der Waals surface area contributed by atoms with Crippen LogP contribution >= 0.6 is 0 Å². The number of carbonyl (C=O) groups excluding carboxylic acids is 1. The Balaban J connectivity index is 1.54. The van der Waals surface area contributed by atoms with Gasteiger partial charge < -0.3 is 23.9 Å². The van der Waals surface area contributed by atoms with Gasteiger partial charge in [0.25, 0.3) is 0 Å². The third-order valence-electron chi connectivity index (χ3n) is 6.27. The fraction of sp³-hybridized carbons (Fsp3) is 0.133. The molecule has 0 saturated carbocycles. The molecular weight excluding hydrogens is 468 g/mol. The average Bonchev–Trinajstić information content (AvgIpc) is 3.34. The summed E-state index contributed by atoms with van der Waals surface area (Å²) in [6, 6.07) is 18.8. The fourth-order valence-electron chi connectivity index (χ4n) is 4.42. The molecule has 0 spiro atoms. The molecular formula is C30H26N2O5.